The Labute approximate surface area is 109 Å². The number of nitrogens with zero attached hydrogens (tertiary/aromatic N) is 1. The highest BCUT2D eigenvalue weighted by molar-refractivity contribution is 7.10. The van der Waals surface area contributed by atoms with Gasteiger partial charge in [-0.1, -0.05) is 19.9 Å². The van der Waals surface area contributed by atoms with Crippen molar-refractivity contribution >= 4 is 23.1 Å². The van der Waals surface area contributed by atoms with Crippen LogP contribution in [0.25, 0.3) is 0 Å². The van der Waals surface area contributed by atoms with Gasteiger partial charge in [0.05, 0.1) is 0 Å². The molecule has 0 aliphatic heterocycles. The molecule has 2 heterocycles. The fourth-order valence-corrected chi connectivity index (χ4v) is 2.22. The smallest absolute Gasteiger partial charge is 0.247 e. The Morgan fingerprint density at radius 3 is 2.89 bits per heavy atom. The Balaban J connectivity index is 2.02. The topological polar surface area (TPSA) is 83.8 Å². The highest BCUT2D eigenvalue weighted by atomic mass is 32.1. The monoisotopic (exact) mass is 264 g/mol. The van der Waals surface area contributed by atoms with Crippen LogP contribution in [0.2, 0.25) is 0 Å². The molecule has 2 rings (SSSR count). The number of thiophene rings is 1. The molecule has 0 fully saturated rings. The van der Waals surface area contributed by atoms with E-state index in [1.807, 2.05) is 23.6 Å². The lowest BCUT2D eigenvalue weighted by Crippen LogP contribution is -2.27. The highest BCUT2D eigenvalue weighted by Gasteiger charge is 2.18. The summed E-state index contributed by atoms with van der Waals surface area (Å²) in [6, 6.07) is 4.89. The van der Waals surface area contributed by atoms with Crippen LogP contribution in [0.4, 0.5) is 5.82 Å². The first-order valence-corrected chi connectivity index (χ1v) is 6.61. The number of rotatable bonds is 4. The fraction of sp³-hybridized carbons (Fsp3) is 0.333. The largest absolute Gasteiger partial charge is 0.316 e. The lowest BCUT2D eigenvalue weighted by atomic mass is 10.1. The Morgan fingerprint density at radius 1 is 1.56 bits per heavy atom. The van der Waals surface area contributed by atoms with Gasteiger partial charge in [-0.2, -0.15) is 5.10 Å². The van der Waals surface area contributed by atoms with Gasteiger partial charge in [0.15, 0.2) is 5.82 Å². The number of anilines is 1. The van der Waals surface area contributed by atoms with Crippen LogP contribution in [0.15, 0.2) is 23.6 Å². The molecule has 1 amide bonds. The fourth-order valence-electron chi connectivity index (χ4n) is 1.50. The maximum Gasteiger partial charge on any atom is 0.247 e. The van der Waals surface area contributed by atoms with Crippen LogP contribution in [-0.4, -0.2) is 16.1 Å². The number of carbonyl (C=O) groups is 1. The summed E-state index contributed by atoms with van der Waals surface area (Å²) in [5, 5.41) is 11.5. The molecule has 96 valence electrons. The number of amides is 1. The van der Waals surface area contributed by atoms with E-state index in [0.717, 1.165) is 10.6 Å². The van der Waals surface area contributed by atoms with Gasteiger partial charge in [0.2, 0.25) is 5.91 Å². The minimum atomic E-state index is -0.649. The van der Waals surface area contributed by atoms with E-state index in [-0.39, 0.29) is 5.91 Å². The lowest BCUT2D eigenvalue weighted by molar-refractivity contribution is -0.117. The minimum Gasteiger partial charge on any atom is -0.316 e. The van der Waals surface area contributed by atoms with Gasteiger partial charge in [0.25, 0.3) is 0 Å². The van der Waals surface area contributed by atoms with Crippen LogP contribution in [0, 0.1) is 0 Å². The molecule has 4 N–H and O–H groups in total. The molecular weight excluding hydrogens is 248 g/mol. The summed E-state index contributed by atoms with van der Waals surface area (Å²) in [5.41, 5.74) is 6.84. The zero-order valence-electron chi connectivity index (χ0n) is 10.3. The lowest BCUT2D eigenvalue weighted by Gasteiger charge is -2.08. The Hall–Kier alpha value is -1.66. The van der Waals surface area contributed by atoms with E-state index in [9.17, 15) is 4.79 Å². The van der Waals surface area contributed by atoms with Crippen LogP contribution in [0.3, 0.4) is 0 Å². The third kappa shape index (κ3) is 2.77. The molecule has 2 aromatic heterocycles. The van der Waals surface area contributed by atoms with Gasteiger partial charge in [-0.3, -0.25) is 9.89 Å². The molecule has 0 saturated heterocycles. The van der Waals surface area contributed by atoms with Crippen molar-refractivity contribution in [2.75, 3.05) is 5.32 Å². The quantitative estimate of drug-likeness (QED) is 0.791. The highest BCUT2D eigenvalue weighted by Crippen LogP contribution is 2.19. The van der Waals surface area contributed by atoms with Gasteiger partial charge in [0.1, 0.15) is 6.04 Å². The van der Waals surface area contributed by atoms with Crippen LogP contribution >= 0.6 is 11.3 Å². The Kier molecular flexibility index (Phi) is 3.78. The van der Waals surface area contributed by atoms with Crippen molar-refractivity contribution in [3.8, 4) is 0 Å². The SMILES string of the molecule is CC(C)c1cc(NC(=O)C(N)c2cccs2)n[nH]1. The second kappa shape index (κ2) is 5.32. The van der Waals surface area contributed by atoms with E-state index in [1.165, 1.54) is 11.3 Å². The molecule has 0 aliphatic carbocycles. The summed E-state index contributed by atoms with van der Waals surface area (Å²) in [4.78, 5) is 12.7. The van der Waals surface area contributed by atoms with E-state index < -0.39 is 6.04 Å². The van der Waals surface area contributed by atoms with Crippen LogP contribution in [-0.2, 0) is 4.79 Å². The van der Waals surface area contributed by atoms with Crippen LogP contribution in [0.1, 0.15) is 36.4 Å². The first kappa shape index (κ1) is 12.8. The van der Waals surface area contributed by atoms with Gasteiger partial charge in [-0.05, 0) is 17.4 Å². The molecule has 0 bridgehead atoms. The molecule has 0 saturated carbocycles. The maximum absolute atomic E-state index is 11.9. The van der Waals surface area contributed by atoms with Gasteiger partial charge in [0, 0.05) is 16.6 Å². The van der Waals surface area contributed by atoms with E-state index in [0.29, 0.717) is 11.7 Å². The second-order valence-corrected chi connectivity index (χ2v) is 5.32. The predicted octanol–water partition coefficient (Wildman–Crippen LogP) is 2.23. The average molecular weight is 264 g/mol. The number of carbonyl (C=O) groups excluding carboxylic acids is 1. The zero-order valence-corrected chi connectivity index (χ0v) is 11.1. The van der Waals surface area contributed by atoms with Gasteiger partial charge in [-0.15, -0.1) is 11.3 Å². The normalized spacial score (nSPS) is 12.7. The maximum atomic E-state index is 11.9. The Morgan fingerprint density at radius 2 is 2.33 bits per heavy atom. The van der Waals surface area contributed by atoms with E-state index >= 15 is 0 Å². The van der Waals surface area contributed by atoms with Crippen molar-refractivity contribution in [3.63, 3.8) is 0 Å². The van der Waals surface area contributed by atoms with E-state index in [2.05, 4.69) is 29.4 Å². The first-order valence-electron chi connectivity index (χ1n) is 5.73. The summed E-state index contributed by atoms with van der Waals surface area (Å²) in [6.45, 7) is 4.10. The second-order valence-electron chi connectivity index (χ2n) is 4.35. The molecule has 18 heavy (non-hydrogen) atoms. The van der Waals surface area contributed by atoms with Crippen molar-refractivity contribution in [1.29, 1.82) is 0 Å². The number of nitrogens with one attached hydrogen (secondary N) is 2. The van der Waals surface area contributed by atoms with Crippen LogP contribution < -0.4 is 11.1 Å². The molecular formula is C12H16N4OS. The van der Waals surface area contributed by atoms with Crippen molar-refractivity contribution in [2.24, 2.45) is 5.73 Å². The molecule has 5 nitrogen and oxygen atoms in total. The number of aromatic amines is 1. The number of hydrogen-bond donors (Lipinski definition) is 3. The molecule has 1 atom stereocenters. The average Bonchev–Trinajstić information content (AvgIpc) is 2.98. The number of aromatic nitrogens is 2. The molecule has 6 heteroatoms. The van der Waals surface area contributed by atoms with Crippen molar-refractivity contribution in [2.45, 2.75) is 25.8 Å². The molecule has 2 aromatic rings. The third-order valence-corrected chi connectivity index (χ3v) is 3.56. The van der Waals surface area contributed by atoms with Gasteiger partial charge >= 0.3 is 0 Å². The summed E-state index contributed by atoms with van der Waals surface area (Å²) >= 11 is 1.47. The Bertz CT molecular complexity index is 518. The molecule has 0 aromatic carbocycles. The van der Waals surface area contributed by atoms with E-state index in [4.69, 9.17) is 5.73 Å². The first-order chi connectivity index (χ1) is 8.58. The minimum absolute atomic E-state index is 0.251. The summed E-state index contributed by atoms with van der Waals surface area (Å²) < 4.78 is 0. The van der Waals surface area contributed by atoms with E-state index in [1.54, 1.807) is 0 Å². The number of nitrogens with two attached hydrogens (primary N) is 1. The predicted molar refractivity (Wildman–Crippen MR) is 72.6 cm³/mol. The summed E-state index contributed by atoms with van der Waals surface area (Å²) in [6.07, 6.45) is 0. The van der Waals surface area contributed by atoms with Gasteiger partial charge in [-0.25, -0.2) is 0 Å². The third-order valence-electron chi connectivity index (χ3n) is 2.60. The summed E-state index contributed by atoms with van der Waals surface area (Å²) in [7, 11) is 0. The molecule has 0 aliphatic rings. The summed E-state index contributed by atoms with van der Waals surface area (Å²) in [5.74, 6) is 0.601. The van der Waals surface area contributed by atoms with Crippen molar-refractivity contribution < 1.29 is 4.79 Å². The van der Waals surface area contributed by atoms with Crippen molar-refractivity contribution in [3.05, 3.63) is 34.2 Å². The van der Waals surface area contributed by atoms with Crippen molar-refractivity contribution in [1.82, 2.24) is 10.2 Å². The molecule has 0 spiro atoms. The zero-order chi connectivity index (χ0) is 13.1. The standard InChI is InChI=1S/C12H16N4OS/c1-7(2)8-6-10(16-15-8)14-12(17)11(13)9-4-3-5-18-9/h3-7,11H,13H2,1-2H3,(H2,14,15,16,17). The number of hydrogen-bond acceptors (Lipinski definition) is 4. The molecule has 0 radical (unpaired) electrons. The van der Waals surface area contributed by atoms with Gasteiger partial charge < -0.3 is 11.1 Å². The number of H-pyrrole nitrogens is 1. The van der Waals surface area contributed by atoms with Crippen LogP contribution in [0.5, 0.6) is 0 Å². The molecule has 1 unspecified atom stereocenters.